The van der Waals surface area contributed by atoms with Crippen molar-refractivity contribution in [3.8, 4) is 5.75 Å². The number of hydrogen-bond donors (Lipinski definition) is 2. The molecule has 4 nitrogen and oxygen atoms in total. The Balaban J connectivity index is 2.41. The van der Waals surface area contributed by atoms with Crippen molar-refractivity contribution in [2.24, 2.45) is 0 Å². The number of hydrogen-bond acceptors (Lipinski definition) is 4. The highest BCUT2D eigenvalue weighted by Crippen LogP contribution is 2.17. The zero-order valence-electron chi connectivity index (χ0n) is 6.93. The molecule has 0 aromatic heterocycles. The highest BCUT2D eigenvalue weighted by Gasteiger charge is 2.30. The third-order valence-electron chi connectivity index (χ3n) is 2.02. The number of fused-ring (bicyclic) bond motifs is 1. The van der Waals surface area contributed by atoms with Crippen LogP contribution >= 0.6 is 0 Å². The predicted octanol–water partition coefficient (Wildman–Crippen LogP) is -0.767. The quantitative estimate of drug-likeness (QED) is 0.463. The van der Waals surface area contributed by atoms with Gasteiger partial charge in [-0.15, -0.1) is 0 Å². The molecule has 0 fully saturated rings. The van der Waals surface area contributed by atoms with Gasteiger partial charge in [-0.25, -0.2) is 0 Å². The van der Waals surface area contributed by atoms with Gasteiger partial charge in [0.1, 0.15) is 5.75 Å². The zero-order chi connectivity index (χ0) is 9.26. The van der Waals surface area contributed by atoms with Crippen LogP contribution in [0.1, 0.15) is 5.56 Å². The molecule has 0 atom stereocenters. The predicted molar refractivity (Wildman–Crippen MR) is 46.6 cm³/mol. The molecule has 68 valence electrons. The van der Waals surface area contributed by atoms with Gasteiger partial charge in [0.05, 0.1) is 6.61 Å². The number of aliphatic hydroxyl groups is 1. The molecular formula is C8H9BO4. The van der Waals surface area contributed by atoms with Crippen LogP contribution in [0.3, 0.4) is 0 Å². The van der Waals surface area contributed by atoms with Crippen LogP contribution in [0.2, 0.25) is 0 Å². The van der Waals surface area contributed by atoms with Gasteiger partial charge >= 0.3 is 7.12 Å². The first-order chi connectivity index (χ1) is 6.33. The van der Waals surface area contributed by atoms with Gasteiger partial charge in [-0.3, -0.25) is 0 Å². The summed E-state index contributed by atoms with van der Waals surface area (Å²) in [5, 5.41) is 18.0. The largest absolute Gasteiger partial charge is 0.495 e. The summed E-state index contributed by atoms with van der Waals surface area (Å²) in [5.74, 6) is 0.477. The fourth-order valence-corrected chi connectivity index (χ4v) is 1.44. The summed E-state index contributed by atoms with van der Waals surface area (Å²) in [5.41, 5.74) is 1.52. The van der Waals surface area contributed by atoms with Gasteiger partial charge in [0.2, 0.25) is 0 Å². The Kier molecular flexibility index (Phi) is 2.22. The Morgan fingerprint density at radius 3 is 3.15 bits per heavy atom. The van der Waals surface area contributed by atoms with Gasteiger partial charge in [0, 0.05) is 5.46 Å². The summed E-state index contributed by atoms with van der Waals surface area (Å²) in [6, 6.07) is 5.34. The van der Waals surface area contributed by atoms with E-state index in [2.05, 4.69) is 0 Å². The van der Waals surface area contributed by atoms with E-state index >= 15 is 0 Å². The second-order valence-electron chi connectivity index (χ2n) is 2.77. The Morgan fingerprint density at radius 1 is 1.54 bits per heavy atom. The van der Waals surface area contributed by atoms with Crippen LogP contribution in [0.25, 0.3) is 0 Å². The first-order valence-electron chi connectivity index (χ1n) is 3.98. The molecule has 1 aromatic rings. The monoisotopic (exact) mass is 180 g/mol. The Morgan fingerprint density at radius 2 is 2.38 bits per heavy atom. The summed E-state index contributed by atoms with van der Waals surface area (Å²) in [6.45, 7) is -0.0116. The van der Waals surface area contributed by atoms with Gasteiger partial charge in [0.25, 0.3) is 0 Å². The minimum absolute atomic E-state index is 0.388. The maximum Gasteiger partial charge on any atom is 0.495 e. The van der Waals surface area contributed by atoms with E-state index < -0.39 is 13.9 Å². The second-order valence-corrected chi connectivity index (χ2v) is 2.77. The van der Waals surface area contributed by atoms with Crippen LogP contribution in [-0.2, 0) is 11.3 Å². The normalized spacial score (nSPS) is 14.5. The molecule has 2 N–H and O–H groups in total. The Bertz CT molecular complexity index is 315. The highest BCUT2D eigenvalue weighted by atomic mass is 16.6. The van der Waals surface area contributed by atoms with Gasteiger partial charge in [0.15, 0.2) is 6.79 Å². The molecule has 0 unspecified atom stereocenters. The van der Waals surface area contributed by atoms with Crippen molar-refractivity contribution in [2.45, 2.75) is 6.61 Å². The standard InChI is InChI=1S/C8H9BO4/c10-5-12-7-3-1-2-6-4-13-9(11)8(6)7/h1-3,10-11H,4-5H2. The van der Waals surface area contributed by atoms with E-state index in [-0.39, 0.29) is 0 Å². The van der Waals surface area contributed by atoms with Crippen molar-refractivity contribution in [1.82, 2.24) is 0 Å². The second kappa shape index (κ2) is 3.37. The Labute approximate surface area is 75.9 Å². The molecule has 0 saturated heterocycles. The number of benzene rings is 1. The average Bonchev–Trinajstić information content (AvgIpc) is 2.50. The van der Waals surface area contributed by atoms with Crippen LogP contribution in [0.5, 0.6) is 5.75 Å². The van der Waals surface area contributed by atoms with Crippen molar-refractivity contribution >= 4 is 12.6 Å². The molecule has 13 heavy (non-hydrogen) atoms. The van der Waals surface area contributed by atoms with E-state index in [0.717, 1.165) is 5.56 Å². The minimum Gasteiger partial charge on any atom is -0.468 e. The molecule has 0 saturated carbocycles. The van der Waals surface area contributed by atoms with Crippen molar-refractivity contribution in [3.05, 3.63) is 23.8 Å². The number of aliphatic hydroxyl groups excluding tert-OH is 1. The SMILES string of the molecule is OCOc1cccc2c1B(O)OC2. The van der Waals surface area contributed by atoms with Crippen LogP contribution in [0.4, 0.5) is 0 Å². The topological polar surface area (TPSA) is 58.9 Å². The van der Waals surface area contributed by atoms with Crippen molar-refractivity contribution in [2.75, 3.05) is 6.79 Å². The summed E-state index contributed by atoms with van der Waals surface area (Å²) in [7, 11) is -0.933. The first kappa shape index (κ1) is 8.56. The maximum atomic E-state index is 9.40. The van der Waals surface area contributed by atoms with E-state index in [1.807, 2.05) is 6.07 Å². The van der Waals surface area contributed by atoms with Crippen LogP contribution < -0.4 is 10.2 Å². The third-order valence-corrected chi connectivity index (χ3v) is 2.02. The molecule has 5 heteroatoms. The lowest BCUT2D eigenvalue weighted by Gasteiger charge is -2.07. The van der Waals surface area contributed by atoms with Crippen LogP contribution in [-0.4, -0.2) is 24.0 Å². The summed E-state index contributed by atoms with van der Waals surface area (Å²) in [6.07, 6.45) is 0. The highest BCUT2D eigenvalue weighted by molar-refractivity contribution is 6.62. The molecule has 0 spiro atoms. The van der Waals surface area contributed by atoms with E-state index in [1.165, 1.54) is 0 Å². The summed E-state index contributed by atoms with van der Waals surface area (Å²) < 4.78 is 9.94. The molecule has 1 aromatic carbocycles. The van der Waals surface area contributed by atoms with E-state index in [0.29, 0.717) is 17.8 Å². The van der Waals surface area contributed by atoms with Crippen LogP contribution in [0, 0.1) is 0 Å². The van der Waals surface area contributed by atoms with E-state index in [9.17, 15) is 5.02 Å². The molecule has 0 radical (unpaired) electrons. The maximum absolute atomic E-state index is 9.40. The molecular weight excluding hydrogens is 171 g/mol. The smallest absolute Gasteiger partial charge is 0.468 e. The van der Waals surface area contributed by atoms with E-state index in [1.54, 1.807) is 12.1 Å². The van der Waals surface area contributed by atoms with Gasteiger partial charge in [-0.1, -0.05) is 12.1 Å². The lowest BCUT2D eigenvalue weighted by Crippen LogP contribution is -2.29. The van der Waals surface area contributed by atoms with Gasteiger partial charge in [-0.05, 0) is 11.6 Å². The summed E-state index contributed by atoms with van der Waals surface area (Å²) in [4.78, 5) is 0. The van der Waals surface area contributed by atoms with Crippen molar-refractivity contribution in [1.29, 1.82) is 0 Å². The number of ether oxygens (including phenoxy) is 1. The molecule has 0 amide bonds. The molecule has 1 aliphatic rings. The fourth-order valence-electron chi connectivity index (χ4n) is 1.44. The lowest BCUT2D eigenvalue weighted by molar-refractivity contribution is 0.0994. The van der Waals surface area contributed by atoms with E-state index in [4.69, 9.17) is 14.5 Å². The molecule has 1 heterocycles. The average molecular weight is 180 g/mol. The first-order valence-corrected chi connectivity index (χ1v) is 3.98. The third kappa shape index (κ3) is 1.41. The minimum atomic E-state index is -0.933. The lowest BCUT2D eigenvalue weighted by atomic mass is 9.79. The van der Waals surface area contributed by atoms with Crippen molar-refractivity contribution in [3.63, 3.8) is 0 Å². The van der Waals surface area contributed by atoms with Crippen LogP contribution in [0.15, 0.2) is 18.2 Å². The van der Waals surface area contributed by atoms with Crippen molar-refractivity contribution < 1.29 is 19.5 Å². The molecule has 1 aliphatic heterocycles. The number of rotatable bonds is 2. The van der Waals surface area contributed by atoms with Gasteiger partial charge in [-0.2, -0.15) is 0 Å². The molecule has 0 aliphatic carbocycles. The Hall–Kier alpha value is -1.04. The molecule has 2 rings (SSSR count). The van der Waals surface area contributed by atoms with Gasteiger partial charge < -0.3 is 19.5 Å². The molecule has 0 bridgehead atoms. The zero-order valence-corrected chi connectivity index (χ0v) is 6.93. The summed E-state index contributed by atoms with van der Waals surface area (Å²) >= 11 is 0. The fraction of sp³-hybridized carbons (Fsp3) is 0.250.